The minimum absolute atomic E-state index is 0.267. The number of benzodiazepines with no additional fused rings is 1. The van der Waals surface area contributed by atoms with Gasteiger partial charge in [0.2, 0.25) is 0 Å². The fourth-order valence-electron chi connectivity index (χ4n) is 3.61. The highest BCUT2D eigenvalue weighted by atomic mass is 32.1. The van der Waals surface area contributed by atoms with Crippen LogP contribution in [0.2, 0.25) is 0 Å². The molecule has 1 aromatic heterocycles. The summed E-state index contributed by atoms with van der Waals surface area (Å²) in [5, 5.41) is 0.792. The Balaban J connectivity index is 1.62. The van der Waals surface area contributed by atoms with Crippen molar-refractivity contribution in [3.8, 4) is 0 Å². The fourth-order valence-corrected chi connectivity index (χ4v) is 4.56. The second-order valence-corrected chi connectivity index (χ2v) is 8.03. The number of anilines is 1. The van der Waals surface area contributed by atoms with Gasteiger partial charge >= 0.3 is 0 Å². The van der Waals surface area contributed by atoms with Gasteiger partial charge in [0.15, 0.2) is 6.17 Å². The number of carbonyl (C=O) groups excluding carboxylic acids is 1. The predicted octanol–water partition coefficient (Wildman–Crippen LogP) is 4.10. The van der Waals surface area contributed by atoms with Crippen LogP contribution in [-0.2, 0) is 11.3 Å². The summed E-state index contributed by atoms with van der Waals surface area (Å²) in [5.41, 5.74) is 9.01. The topological polar surface area (TPSA) is 71.6 Å². The van der Waals surface area contributed by atoms with Crippen molar-refractivity contribution in [1.29, 1.82) is 0 Å². The zero-order valence-electron chi connectivity index (χ0n) is 15.8. The molecular weight excluding hydrogens is 399 g/mol. The average Bonchev–Trinajstić information content (AvgIpc) is 3.14. The van der Waals surface area contributed by atoms with Gasteiger partial charge in [-0.1, -0.05) is 42.5 Å². The standard InChI is InChI=1S/C23H17FN4OS/c24-16-9-3-1-7-14(16)21-15-8-2-5-11-18(15)28(23(29)22(25)27-21)13-20-26-17-10-4-6-12-19(17)30-20/h1-12,22H,13,25H2. The molecule has 2 N–H and O–H groups in total. The second-order valence-electron chi connectivity index (χ2n) is 6.92. The molecule has 1 amide bonds. The van der Waals surface area contributed by atoms with Gasteiger partial charge in [0.1, 0.15) is 10.8 Å². The molecule has 3 aromatic carbocycles. The molecule has 1 atom stereocenters. The minimum atomic E-state index is -1.14. The van der Waals surface area contributed by atoms with Crippen molar-refractivity contribution >= 4 is 38.9 Å². The highest BCUT2D eigenvalue weighted by molar-refractivity contribution is 7.18. The zero-order valence-corrected chi connectivity index (χ0v) is 16.6. The minimum Gasteiger partial charge on any atom is -0.302 e. The summed E-state index contributed by atoms with van der Waals surface area (Å²) in [6, 6.07) is 21.5. The lowest BCUT2D eigenvalue weighted by atomic mass is 10.00. The van der Waals surface area contributed by atoms with E-state index < -0.39 is 12.0 Å². The van der Waals surface area contributed by atoms with Crippen LogP contribution in [0.25, 0.3) is 10.2 Å². The molecule has 4 aromatic rings. The Morgan fingerprint density at radius 1 is 0.967 bits per heavy atom. The molecule has 0 saturated carbocycles. The van der Waals surface area contributed by atoms with Crippen molar-refractivity contribution in [2.24, 2.45) is 10.7 Å². The van der Waals surface area contributed by atoms with Crippen LogP contribution < -0.4 is 10.6 Å². The maximum absolute atomic E-state index is 14.6. The molecule has 0 saturated heterocycles. The van der Waals surface area contributed by atoms with E-state index in [-0.39, 0.29) is 12.5 Å². The van der Waals surface area contributed by atoms with E-state index in [0.717, 1.165) is 15.2 Å². The first kappa shape index (κ1) is 18.6. The molecular formula is C23H17FN4OS. The van der Waals surface area contributed by atoms with E-state index in [1.807, 2.05) is 48.5 Å². The monoisotopic (exact) mass is 416 g/mol. The van der Waals surface area contributed by atoms with Gasteiger partial charge in [-0.2, -0.15) is 0 Å². The van der Waals surface area contributed by atoms with Gasteiger partial charge in [0.05, 0.1) is 28.2 Å². The number of benzene rings is 3. The summed E-state index contributed by atoms with van der Waals surface area (Å²) in [5.74, 6) is -0.765. The Labute approximate surface area is 176 Å². The summed E-state index contributed by atoms with van der Waals surface area (Å²) in [7, 11) is 0. The van der Waals surface area contributed by atoms with Crippen LogP contribution in [0.4, 0.5) is 10.1 Å². The number of rotatable bonds is 3. The Bertz CT molecular complexity index is 1270. The van der Waals surface area contributed by atoms with E-state index in [1.165, 1.54) is 17.4 Å². The molecule has 2 heterocycles. The van der Waals surface area contributed by atoms with Gasteiger partial charge < -0.3 is 10.6 Å². The predicted molar refractivity (Wildman–Crippen MR) is 117 cm³/mol. The summed E-state index contributed by atoms with van der Waals surface area (Å²) in [6.45, 7) is 0.267. The van der Waals surface area contributed by atoms with Crippen molar-refractivity contribution in [3.63, 3.8) is 0 Å². The third kappa shape index (κ3) is 3.18. The molecule has 0 spiro atoms. The normalized spacial score (nSPS) is 16.3. The van der Waals surface area contributed by atoms with Crippen LogP contribution in [-0.4, -0.2) is 22.8 Å². The average molecular weight is 416 g/mol. The molecule has 0 bridgehead atoms. The van der Waals surface area contributed by atoms with Gasteiger partial charge in [0.25, 0.3) is 5.91 Å². The summed E-state index contributed by atoms with van der Waals surface area (Å²) < 4.78 is 15.6. The quantitative estimate of drug-likeness (QED) is 0.546. The lowest BCUT2D eigenvalue weighted by Crippen LogP contribution is -2.41. The molecule has 0 aliphatic carbocycles. The van der Waals surface area contributed by atoms with E-state index in [9.17, 15) is 9.18 Å². The maximum atomic E-state index is 14.6. The fraction of sp³-hybridized carbons (Fsp3) is 0.0870. The van der Waals surface area contributed by atoms with Crippen molar-refractivity contribution in [1.82, 2.24) is 4.98 Å². The number of halogens is 1. The van der Waals surface area contributed by atoms with Gasteiger partial charge in [-0.05, 0) is 30.3 Å². The van der Waals surface area contributed by atoms with Crippen molar-refractivity contribution < 1.29 is 9.18 Å². The van der Waals surface area contributed by atoms with Crippen LogP contribution in [0, 0.1) is 5.82 Å². The number of nitrogens with zero attached hydrogens (tertiary/aromatic N) is 3. The van der Waals surface area contributed by atoms with Gasteiger partial charge in [-0.15, -0.1) is 11.3 Å². The molecule has 148 valence electrons. The van der Waals surface area contributed by atoms with E-state index >= 15 is 0 Å². The van der Waals surface area contributed by atoms with Gasteiger partial charge in [-0.3, -0.25) is 9.79 Å². The number of hydrogen-bond acceptors (Lipinski definition) is 5. The first-order valence-electron chi connectivity index (χ1n) is 9.45. The highest BCUT2D eigenvalue weighted by Crippen LogP contribution is 2.31. The molecule has 0 fully saturated rings. The summed E-state index contributed by atoms with van der Waals surface area (Å²) in [6.07, 6.45) is -1.14. The number of amides is 1. The Morgan fingerprint density at radius 2 is 1.67 bits per heavy atom. The first-order valence-corrected chi connectivity index (χ1v) is 10.3. The van der Waals surface area contributed by atoms with Crippen LogP contribution in [0.3, 0.4) is 0 Å². The Morgan fingerprint density at radius 3 is 2.47 bits per heavy atom. The Hall–Kier alpha value is -3.42. The maximum Gasteiger partial charge on any atom is 0.266 e. The molecule has 1 aliphatic rings. The van der Waals surface area contributed by atoms with E-state index in [2.05, 4.69) is 9.98 Å². The van der Waals surface area contributed by atoms with E-state index in [0.29, 0.717) is 22.5 Å². The SMILES string of the molecule is NC1N=C(c2ccccc2F)c2ccccc2N(Cc2nc3ccccc3s2)C1=O. The second kappa shape index (κ2) is 7.44. The molecule has 7 heteroatoms. The smallest absolute Gasteiger partial charge is 0.266 e. The van der Waals surface area contributed by atoms with Crippen molar-refractivity contribution in [2.75, 3.05) is 4.90 Å². The number of nitrogens with two attached hydrogens (primary N) is 1. The largest absolute Gasteiger partial charge is 0.302 e. The van der Waals surface area contributed by atoms with Gasteiger partial charge in [0, 0.05) is 11.1 Å². The number of para-hydroxylation sites is 2. The molecule has 0 radical (unpaired) electrons. The summed E-state index contributed by atoms with van der Waals surface area (Å²) in [4.78, 5) is 23.8. The number of carbonyl (C=O) groups is 1. The van der Waals surface area contributed by atoms with Gasteiger partial charge in [-0.25, -0.2) is 9.37 Å². The number of hydrogen-bond donors (Lipinski definition) is 1. The number of thiazole rings is 1. The van der Waals surface area contributed by atoms with Crippen molar-refractivity contribution in [2.45, 2.75) is 12.7 Å². The van der Waals surface area contributed by atoms with Crippen LogP contribution in [0.1, 0.15) is 16.1 Å². The first-order chi connectivity index (χ1) is 14.6. The number of aliphatic imine (C=N–C) groups is 1. The summed E-state index contributed by atoms with van der Waals surface area (Å²) >= 11 is 1.53. The molecule has 30 heavy (non-hydrogen) atoms. The third-order valence-electron chi connectivity index (χ3n) is 5.00. The third-order valence-corrected chi connectivity index (χ3v) is 6.02. The van der Waals surface area contributed by atoms with E-state index in [4.69, 9.17) is 5.73 Å². The number of aromatic nitrogens is 1. The highest BCUT2D eigenvalue weighted by Gasteiger charge is 2.31. The zero-order chi connectivity index (χ0) is 20.7. The number of fused-ring (bicyclic) bond motifs is 2. The Kier molecular flexibility index (Phi) is 4.61. The lowest BCUT2D eigenvalue weighted by molar-refractivity contribution is -0.119. The van der Waals surface area contributed by atoms with Crippen LogP contribution >= 0.6 is 11.3 Å². The van der Waals surface area contributed by atoms with Crippen molar-refractivity contribution in [3.05, 3.63) is 94.7 Å². The molecule has 1 aliphatic heterocycles. The molecule has 5 rings (SSSR count). The van der Waals surface area contributed by atoms with Crippen LogP contribution in [0.15, 0.2) is 77.8 Å². The lowest BCUT2D eigenvalue weighted by Gasteiger charge is -2.23. The molecule has 1 unspecified atom stereocenters. The van der Waals surface area contributed by atoms with Crippen LogP contribution in [0.5, 0.6) is 0 Å². The molecule has 5 nitrogen and oxygen atoms in total. The van der Waals surface area contributed by atoms with E-state index in [1.54, 1.807) is 23.1 Å².